The van der Waals surface area contributed by atoms with Crippen molar-refractivity contribution < 1.29 is 0 Å². The fourth-order valence-corrected chi connectivity index (χ4v) is 2.44. The number of hydrogen-bond acceptors (Lipinski definition) is 4. The number of halogens is 1. The molecule has 3 N–H and O–H groups in total. The zero-order valence-electron chi connectivity index (χ0n) is 8.12. The number of aromatic nitrogens is 1. The molecule has 0 aliphatic carbocycles. The molecule has 0 unspecified atom stereocenters. The van der Waals surface area contributed by atoms with Gasteiger partial charge in [0.25, 0.3) is 0 Å². The van der Waals surface area contributed by atoms with E-state index in [0.29, 0.717) is 5.69 Å². The second-order valence-corrected chi connectivity index (χ2v) is 5.62. The van der Waals surface area contributed by atoms with Gasteiger partial charge in [0, 0.05) is 0 Å². The van der Waals surface area contributed by atoms with Crippen molar-refractivity contribution in [3.63, 3.8) is 0 Å². The first kappa shape index (κ1) is 10.4. The second-order valence-electron chi connectivity index (χ2n) is 3.15. The third-order valence-corrected chi connectivity index (χ3v) is 3.51. The lowest BCUT2D eigenvalue weighted by molar-refractivity contribution is 1.28. The van der Waals surface area contributed by atoms with Gasteiger partial charge in [0.15, 0.2) is 0 Å². The van der Waals surface area contributed by atoms with Crippen molar-refractivity contribution in [2.45, 2.75) is 6.92 Å². The summed E-state index contributed by atoms with van der Waals surface area (Å²) in [6.07, 6.45) is 1.67. The van der Waals surface area contributed by atoms with Crippen LogP contribution in [0.5, 0.6) is 0 Å². The van der Waals surface area contributed by atoms with E-state index in [-0.39, 0.29) is 0 Å². The van der Waals surface area contributed by atoms with E-state index < -0.39 is 0 Å². The highest BCUT2D eigenvalue weighted by atomic mass is 79.9. The Labute approximate surface area is 100 Å². The first-order valence-corrected chi connectivity index (χ1v) is 6.00. The zero-order chi connectivity index (χ0) is 10.8. The molecule has 2 rings (SSSR count). The van der Waals surface area contributed by atoms with Gasteiger partial charge in [0.2, 0.25) is 0 Å². The lowest BCUT2D eigenvalue weighted by Crippen LogP contribution is -1.95. The van der Waals surface area contributed by atoms with E-state index >= 15 is 0 Å². The quantitative estimate of drug-likeness (QED) is 0.886. The van der Waals surface area contributed by atoms with Crippen LogP contribution >= 0.6 is 27.3 Å². The Morgan fingerprint density at radius 2 is 2.27 bits per heavy atom. The van der Waals surface area contributed by atoms with Crippen LogP contribution in [0.25, 0.3) is 0 Å². The number of pyridine rings is 1. The van der Waals surface area contributed by atoms with Gasteiger partial charge in [0.1, 0.15) is 5.82 Å². The summed E-state index contributed by atoms with van der Waals surface area (Å²) in [7, 11) is 0. The molecule has 0 spiro atoms. The van der Waals surface area contributed by atoms with Crippen LogP contribution in [-0.2, 0) is 0 Å². The first-order chi connectivity index (χ1) is 7.15. The van der Waals surface area contributed by atoms with Gasteiger partial charge in [-0.15, -0.1) is 11.3 Å². The number of nitrogens with two attached hydrogens (primary N) is 1. The van der Waals surface area contributed by atoms with Crippen LogP contribution in [0.4, 0.5) is 16.5 Å². The highest BCUT2D eigenvalue weighted by Crippen LogP contribution is 2.29. The minimum atomic E-state index is 0.716. The molecular formula is C10H10BrN3S. The van der Waals surface area contributed by atoms with E-state index in [2.05, 4.69) is 26.2 Å². The molecule has 2 aromatic heterocycles. The third kappa shape index (κ3) is 2.49. The average molecular weight is 284 g/mol. The molecule has 0 radical (unpaired) electrons. The minimum Gasteiger partial charge on any atom is -0.397 e. The molecule has 0 atom stereocenters. The molecule has 0 bridgehead atoms. The molecule has 0 saturated heterocycles. The topological polar surface area (TPSA) is 50.9 Å². The number of aryl methyl sites for hydroxylation is 1. The summed E-state index contributed by atoms with van der Waals surface area (Å²) >= 11 is 5.04. The summed E-state index contributed by atoms with van der Waals surface area (Å²) in [6, 6.07) is 5.93. The van der Waals surface area contributed by atoms with E-state index in [1.807, 2.05) is 25.1 Å². The van der Waals surface area contributed by atoms with Crippen LogP contribution in [0.15, 0.2) is 28.2 Å². The maximum Gasteiger partial charge on any atom is 0.131 e. The number of nitrogens with zero attached hydrogens (tertiary/aromatic N) is 1. The van der Waals surface area contributed by atoms with E-state index in [9.17, 15) is 0 Å². The Hall–Kier alpha value is -1.07. The standard InChI is InChI=1S/C10H10BrN3S/c1-6-4-9(13-5-7(6)12)14-10-3-2-8(11)15-10/h2-5H,12H2,1H3,(H,13,14). The van der Waals surface area contributed by atoms with Crippen molar-refractivity contribution in [1.29, 1.82) is 0 Å². The molecule has 0 saturated carbocycles. The minimum absolute atomic E-state index is 0.716. The summed E-state index contributed by atoms with van der Waals surface area (Å²) in [5.74, 6) is 0.816. The molecule has 3 nitrogen and oxygen atoms in total. The van der Waals surface area contributed by atoms with Crippen LogP contribution in [-0.4, -0.2) is 4.98 Å². The second kappa shape index (κ2) is 4.20. The van der Waals surface area contributed by atoms with Crippen LogP contribution in [0.3, 0.4) is 0 Å². The van der Waals surface area contributed by atoms with Gasteiger partial charge in [-0.2, -0.15) is 0 Å². The van der Waals surface area contributed by atoms with Gasteiger partial charge in [-0.1, -0.05) is 0 Å². The van der Waals surface area contributed by atoms with Gasteiger partial charge in [-0.3, -0.25) is 0 Å². The van der Waals surface area contributed by atoms with Gasteiger partial charge in [-0.05, 0) is 46.6 Å². The van der Waals surface area contributed by atoms with Crippen LogP contribution < -0.4 is 11.1 Å². The lowest BCUT2D eigenvalue weighted by Gasteiger charge is -2.04. The van der Waals surface area contributed by atoms with Crippen LogP contribution in [0.1, 0.15) is 5.56 Å². The number of anilines is 3. The van der Waals surface area contributed by atoms with Crippen LogP contribution in [0, 0.1) is 6.92 Å². The summed E-state index contributed by atoms with van der Waals surface area (Å²) in [5, 5.41) is 4.27. The molecular weight excluding hydrogens is 274 g/mol. The monoisotopic (exact) mass is 283 g/mol. The number of nitrogen functional groups attached to an aromatic ring is 1. The Morgan fingerprint density at radius 3 is 2.87 bits per heavy atom. The van der Waals surface area contributed by atoms with Crippen molar-refractivity contribution in [3.8, 4) is 0 Å². The molecule has 0 aliphatic heterocycles. The van der Waals surface area contributed by atoms with Gasteiger partial charge >= 0.3 is 0 Å². The number of nitrogens with one attached hydrogen (secondary N) is 1. The maximum atomic E-state index is 5.69. The Balaban J connectivity index is 2.21. The van der Waals surface area contributed by atoms with E-state index in [4.69, 9.17) is 5.73 Å². The highest BCUT2D eigenvalue weighted by molar-refractivity contribution is 9.11. The first-order valence-electron chi connectivity index (χ1n) is 4.39. The Bertz CT molecular complexity index is 481. The predicted octanol–water partition coefficient (Wildman–Crippen LogP) is 3.54. The van der Waals surface area contributed by atoms with Gasteiger partial charge < -0.3 is 11.1 Å². The summed E-state index contributed by atoms with van der Waals surface area (Å²) in [6.45, 7) is 1.96. The number of thiophene rings is 1. The fraction of sp³-hybridized carbons (Fsp3) is 0.100. The molecule has 2 heterocycles. The highest BCUT2D eigenvalue weighted by Gasteiger charge is 2.01. The number of rotatable bonds is 2. The van der Waals surface area contributed by atoms with E-state index in [0.717, 1.165) is 20.2 Å². The molecule has 2 aromatic rings. The lowest BCUT2D eigenvalue weighted by atomic mass is 10.2. The van der Waals surface area contributed by atoms with Crippen LogP contribution in [0.2, 0.25) is 0 Å². The largest absolute Gasteiger partial charge is 0.397 e. The normalized spacial score (nSPS) is 10.3. The third-order valence-electron chi connectivity index (χ3n) is 1.98. The molecule has 5 heteroatoms. The van der Waals surface area contributed by atoms with Crippen molar-refractivity contribution in [2.24, 2.45) is 0 Å². The smallest absolute Gasteiger partial charge is 0.131 e. The predicted molar refractivity (Wildman–Crippen MR) is 68.7 cm³/mol. The fourth-order valence-electron chi connectivity index (χ4n) is 1.14. The molecule has 15 heavy (non-hydrogen) atoms. The van der Waals surface area contributed by atoms with Gasteiger partial charge in [0.05, 0.1) is 20.7 Å². The van der Waals surface area contributed by atoms with Gasteiger partial charge in [-0.25, -0.2) is 4.98 Å². The average Bonchev–Trinajstić information content (AvgIpc) is 2.58. The zero-order valence-corrected chi connectivity index (χ0v) is 10.5. The molecule has 0 aromatic carbocycles. The SMILES string of the molecule is Cc1cc(Nc2ccc(Br)s2)ncc1N. The van der Waals surface area contributed by atoms with Crippen molar-refractivity contribution in [1.82, 2.24) is 4.98 Å². The molecule has 0 aliphatic rings. The summed E-state index contributed by atoms with van der Waals surface area (Å²) < 4.78 is 1.09. The molecule has 0 amide bonds. The Morgan fingerprint density at radius 1 is 1.47 bits per heavy atom. The molecule has 0 fully saturated rings. The van der Waals surface area contributed by atoms with E-state index in [1.165, 1.54) is 0 Å². The summed E-state index contributed by atoms with van der Waals surface area (Å²) in [4.78, 5) is 4.20. The van der Waals surface area contributed by atoms with Crippen molar-refractivity contribution in [3.05, 3.63) is 33.7 Å². The molecule has 78 valence electrons. The summed E-state index contributed by atoms with van der Waals surface area (Å²) in [5.41, 5.74) is 7.44. The number of hydrogen-bond donors (Lipinski definition) is 2. The maximum absolute atomic E-state index is 5.69. The van der Waals surface area contributed by atoms with Crippen molar-refractivity contribution in [2.75, 3.05) is 11.1 Å². The Kier molecular flexibility index (Phi) is 2.93. The van der Waals surface area contributed by atoms with E-state index in [1.54, 1.807) is 17.5 Å². The van der Waals surface area contributed by atoms with Crippen molar-refractivity contribution >= 4 is 43.8 Å².